The van der Waals surface area contributed by atoms with Gasteiger partial charge in [-0.05, 0) is 33.5 Å². The standard InChI is InChI=1S/C7H19NO3Si/c1-6-8(7-2)9-10-11-12(3,4)5/h6-7H2,1-5H3. The van der Waals surface area contributed by atoms with Crippen molar-refractivity contribution in [3.8, 4) is 0 Å². The maximum absolute atomic E-state index is 5.04. The first-order valence-corrected chi connectivity index (χ1v) is 7.67. The van der Waals surface area contributed by atoms with E-state index in [0.29, 0.717) is 0 Å². The van der Waals surface area contributed by atoms with Crippen LogP contribution in [0.15, 0.2) is 0 Å². The molecule has 0 N–H and O–H groups in total. The van der Waals surface area contributed by atoms with Crippen LogP contribution in [-0.2, 0) is 14.6 Å². The van der Waals surface area contributed by atoms with Crippen LogP contribution in [-0.4, -0.2) is 26.5 Å². The van der Waals surface area contributed by atoms with Crippen LogP contribution in [0.4, 0.5) is 0 Å². The van der Waals surface area contributed by atoms with Gasteiger partial charge in [0, 0.05) is 13.1 Å². The van der Waals surface area contributed by atoms with E-state index in [1.165, 1.54) is 0 Å². The van der Waals surface area contributed by atoms with Crippen LogP contribution in [0, 0.1) is 0 Å². The molecule has 0 unspecified atom stereocenters. The van der Waals surface area contributed by atoms with Gasteiger partial charge in [0.05, 0.1) is 0 Å². The average molecular weight is 193 g/mol. The minimum absolute atomic E-state index is 0.783. The monoisotopic (exact) mass is 193 g/mol. The second kappa shape index (κ2) is 5.66. The van der Waals surface area contributed by atoms with Gasteiger partial charge >= 0.3 is 0 Å². The molecule has 0 aliphatic carbocycles. The van der Waals surface area contributed by atoms with Gasteiger partial charge in [-0.3, -0.25) is 4.58 Å². The Morgan fingerprint density at radius 1 is 1.08 bits per heavy atom. The summed E-state index contributed by atoms with van der Waals surface area (Å²) in [4.78, 5) is 4.86. The fourth-order valence-corrected chi connectivity index (χ4v) is 0.724. The Morgan fingerprint density at radius 3 is 1.92 bits per heavy atom. The molecule has 5 heteroatoms. The molecule has 0 fully saturated rings. The fourth-order valence-electron chi connectivity index (χ4n) is 0.489. The molecule has 0 saturated carbocycles. The van der Waals surface area contributed by atoms with E-state index >= 15 is 0 Å². The van der Waals surface area contributed by atoms with Gasteiger partial charge in [-0.15, -0.1) is 4.99 Å². The molecule has 4 nitrogen and oxygen atoms in total. The van der Waals surface area contributed by atoms with Crippen LogP contribution in [0.25, 0.3) is 0 Å². The van der Waals surface area contributed by atoms with E-state index in [0.717, 1.165) is 13.1 Å². The molecule has 0 bridgehead atoms. The molecular formula is C7H19NO3Si. The summed E-state index contributed by atoms with van der Waals surface area (Å²) in [6, 6.07) is 0. The predicted molar refractivity (Wildman–Crippen MR) is 49.5 cm³/mol. The third-order valence-electron chi connectivity index (χ3n) is 1.13. The Kier molecular flexibility index (Phi) is 5.69. The summed E-state index contributed by atoms with van der Waals surface area (Å²) in [6.45, 7) is 11.6. The van der Waals surface area contributed by atoms with Crippen LogP contribution in [0.1, 0.15) is 13.8 Å². The quantitative estimate of drug-likeness (QED) is 0.366. The minimum Gasteiger partial charge on any atom is -0.256 e. The maximum atomic E-state index is 5.04. The highest BCUT2D eigenvalue weighted by atomic mass is 28.4. The molecule has 12 heavy (non-hydrogen) atoms. The van der Waals surface area contributed by atoms with Crippen LogP contribution < -0.4 is 0 Å². The van der Waals surface area contributed by atoms with Crippen LogP contribution in [0.2, 0.25) is 19.6 Å². The van der Waals surface area contributed by atoms with Gasteiger partial charge in [0.2, 0.25) is 8.32 Å². The molecule has 0 amide bonds. The third-order valence-corrected chi connectivity index (χ3v) is 1.69. The molecule has 0 aromatic rings. The molecule has 0 aromatic carbocycles. The molecule has 74 valence electrons. The van der Waals surface area contributed by atoms with Crippen LogP contribution in [0.3, 0.4) is 0 Å². The average Bonchev–Trinajstić information content (AvgIpc) is 1.96. The van der Waals surface area contributed by atoms with E-state index in [9.17, 15) is 0 Å². The lowest BCUT2D eigenvalue weighted by atomic mass is 10.6. The lowest BCUT2D eigenvalue weighted by Gasteiger charge is -2.18. The normalized spacial score (nSPS) is 12.5. The lowest BCUT2D eigenvalue weighted by Crippen LogP contribution is -2.30. The second-order valence-electron chi connectivity index (χ2n) is 3.45. The maximum Gasteiger partial charge on any atom is 0.234 e. The number of nitrogens with zero attached hydrogens (tertiary/aromatic N) is 1. The van der Waals surface area contributed by atoms with Crippen LogP contribution in [0.5, 0.6) is 0 Å². The number of hydrogen-bond donors (Lipinski definition) is 0. The summed E-state index contributed by atoms with van der Waals surface area (Å²) in [7, 11) is -1.62. The van der Waals surface area contributed by atoms with Crippen molar-refractivity contribution in [2.24, 2.45) is 0 Å². The molecule has 0 atom stereocenters. The van der Waals surface area contributed by atoms with E-state index < -0.39 is 8.32 Å². The van der Waals surface area contributed by atoms with Crippen molar-refractivity contribution in [1.29, 1.82) is 0 Å². The first kappa shape index (κ1) is 12.1. The number of rotatable bonds is 6. The Bertz CT molecular complexity index is 112. The zero-order chi connectivity index (χ0) is 9.61. The van der Waals surface area contributed by atoms with Gasteiger partial charge in [-0.2, -0.15) is 5.06 Å². The first-order valence-electron chi connectivity index (χ1n) is 4.27. The lowest BCUT2D eigenvalue weighted by molar-refractivity contribution is -0.551. The highest BCUT2D eigenvalue weighted by Gasteiger charge is 2.17. The van der Waals surface area contributed by atoms with E-state index in [-0.39, 0.29) is 0 Å². The summed E-state index contributed by atoms with van der Waals surface area (Å²) < 4.78 is 5.04. The summed E-state index contributed by atoms with van der Waals surface area (Å²) in [6.07, 6.45) is 0. The van der Waals surface area contributed by atoms with Gasteiger partial charge in [0.15, 0.2) is 0 Å². The highest BCUT2D eigenvalue weighted by molar-refractivity contribution is 6.69. The molecule has 0 saturated heterocycles. The minimum atomic E-state index is -1.62. The molecule has 0 rings (SSSR count). The van der Waals surface area contributed by atoms with E-state index in [2.05, 4.69) is 5.04 Å². The van der Waals surface area contributed by atoms with Gasteiger partial charge in [-0.1, -0.05) is 5.04 Å². The Morgan fingerprint density at radius 2 is 1.58 bits per heavy atom. The molecule has 0 heterocycles. The van der Waals surface area contributed by atoms with Gasteiger partial charge < -0.3 is 0 Å². The summed E-state index contributed by atoms with van der Waals surface area (Å²) in [5.41, 5.74) is 0. The van der Waals surface area contributed by atoms with Crippen molar-refractivity contribution in [2.75, 3.05) is 13.1 Å². The van der Waals surface area contributed by atoms with Crippen molar-refractivity contribution < 1.29 is 14.6 Å². The van der Waals surface area contributed by atoms with Gasteiger partial charge in [0.25, 0.3) is 0 Å². The zero-order valence-corrected chi connectivity index (χ0v) is 9.59. The van der Waals surface area contributed by atoms with Crippen molar-refractivity contribution in [3.63, 3.8) is 0 Å². The van der Waals surface area contributed by atoms with Crippen LogP contribution >= 0.6 is 0 Å². The van der Waals surface area contributed by atoms with E-state index in [4.69, 9.17) is 9.57 Å². The summed E-state index contributed by atoms with van der Waals surface area (Å²) in [5.74, 6) is 0. The fraction of sp³-hybridized carbons (Fsp3) is 1.00. The zero-order valence-electron chi connectivity index (χ0n) is 8.59. The van der Waals surface area contributed by atoms with E-state index in [1.54, 1.807) is 5.06 Å². The number of hydrogen-bond acceptors (Lipinski definition) is 4. The molecular weight excluding hydrogens is 174 g/mol. The summed E-state index contributed by atoms with van der Waals surface area (Å²) in [5, 5.41) is 6.30. The summed E-state index contributed by atoms with van der Waals surface area (Å²) >= 11 is 0. The van der Waals surface area contributed by atoms with Gasteiger partial charge in [0.1, 0.15) is 0 Å². The smallest absolute Gasteiger partial charge is 0.234 e. The topological polar surface area (TPSA) is 30.9 Å². The Balaban J connectivity index is 3.41. The first-order chi connectivity index (χ1) is 5.49. The highest BCUT2D eigenvalue weighted by Crippen LogP contribution is 2.03. The van der Waals surface area contributed by atoms with Crippen molar-refractivity contribution in [2.45, 2.75) is 33.5 Å². The van der Waals surface area contributed by atoms with Crippen molar-refractivity contribution in [1.82, 2.24) is 5.06 Å². The van der Waals surface area contributed by atoms with E-state index in [1.807, 2.05) is 33.5 Å². The molecule has 0 spiro atoms. The Hall–Kier alpha value is 0.0569. The van der Waals surface area contributed by atoms with Crippen molar-refractivity contribution >= 4 is 8.32 Å². The third kappa shape index (κ3) is 6.75. The number of hydroxylamine groups is 2. The molecule has 0 aliphatic rings. The Labute approximate surface area is 75.3 Å². The largest absolute Gasteiger partial charge is 0.256 e. The predicted octanol–water partition coefficient (Wildman–Crippen LogP) is 1.96. The van der Waals surface area contributed by atoms with Gasteiger partial charge in [-0.25, -0.2) is 0 Å². The molecule has 0 aromatic heterocycles. The second-order valence-corrected chi connectivity index (χ2v) is 7.84. The van der Waals surface area contributed by atoms with Crippen molar-refractivity contribution in [3.05, 3.63) is 0 Å². The molecule has 0 aliphatic heterocycles. The molecule has 0 radical (unpaired) electrons. The SMILES string of the molecule is CCN(CC)OOO[Si](C)(C)C.